The van der Waals surface area contributed by atoms with Crippen molar-refractivity contribution in [2.45, 2.75) is 89.5 Å². The van der Waals surface area contributed by atoms with E-state index in [1.165, 1.54) is 27.8 Å². The first-order valence-corrected chi connectivity index (χ1v) is 20.4. The van der Waals surface area contributed by atoms with E-state index in [1.54, 1.807) is 0 Å². The fraction of sp³-hybridized carbons (Fsp3) is 0.283. The highest BCUT2D eigenvalue weighted by atomic mass is 16.5. The SMILES string of the molecule is C=C/C(C)=C\C1=C(C2=N[C@@H](c3ccccc3)[C@H](c3ccccc3)O2)[C@@]2(CC1(C)C)CC(C)(C)c1cc(C)cc(C3=N[C@@H](c4ccccc4)[C@H](c4ccccc4)O3)c12. The van der Waals surface area contributed by atoms with Gasteiger partial charge in [0.2, 0.25) is 11.8 Å². The first-order chi connectivity index (χ1) is 27.5. The Kier molecular flexibility index (Phi) is 9.07. The van der Waals surface area contributed by atoms with Crippen molar-refractivity contribution in [2.24, 2.45) is 15.4 Å². The van der Waals surface area contributed by atoms with Crippen LogP contribution in [0, 0.1) is 12.3 Å². The summed E-state index contributed by atoms with van der Waals surface area (Å²) >= 11 is 0. The minimum absolute atomic E-state index is 0.155. The van der Waals surface area contributed by atoms with E-state index in [0.717, 1.165) is 52.1 Å². The number of aliphatic imine (C=N–C) groups is 2. The van der Waals surface area contributed by atoms with Crippen LogP contribution in [-0.2, 0) is 20.3 Å². The molecule has 5 aromatic rings. The Hall–Kier alpha value is -5.74. The third-order valence-corrected chi connectivity index (χ3v) is 12.7. The van der Waals surface area contributed by atoms with Crippen LogP contribution in [0.15, 0.2) is 179 Å². The van der Waals surface area contributed by atoms with Gasteiger partial charge in [0.05, 0.1) is 0 Å². The van der Waals surface area contributed by atoms with Crippen molar-refractivity contribution in [3.05, 3.63) is 213 Å². The Morgan fingerprint density at radius 2 is 1.09 bits per heavy atom. The Morgan fingerprint density at radius 1 is 0.632 bits per heavy atom. The fourth-order valence-corrected chi connectivity index (χ4v) is 10.4. The molecule has 0 N–H and O–H groups in total. The van der Waals surface area contributed by atoms with Crippen LogP contribution in [-0.4, -0.2) is 11.8 Å². The predicted molar refractivity (Wildman–Crippen MR) is 233 cm³/mol. The molecule has 4 nitrogen and oxygen atoms in total. The number of hydrogen-bond donors (Lipinski definition) is 0. The molecule has 57 heavy (non-hydrogen) atoms. The number of ether oxygens (including phenoxy) is 2. The van der Waals surface area contributed by atoms with E-state index >= 15 is 0 Å². The van der Waals surface area contributed by atoms with E-state index in [4.69, 9.17) is 19.5 Å². The van der Waals surface area contributed by atoms with Crippen molar-refractivity contribution < 1.29 is 9.47 Å². The average molecular weight is 749 g/mol. The van der Waals surface area contributed by atoms with Gasteiger partial charge in [-0.15, -0.1) is 0 Å². The third-order valence-electron chi connectivity index (χ3n) is 12.7. The maximum Gasteiger partial charge on any atom is 0.217 e. The number of fused-ring (bicyclic) bond motifs is 2. The van der Waals surface area contributed by atoms with Crippen molar-refractivity contribution in [3.63, 3.8) is 0 Å². The Bertz CT molecular complexity index is 2460. The number of nitrogens with zero attached hydrogens (tertiary/aromatic N) is 2. The summed E-state index contributed by atoms with van der Waals surface area (Å²) in [6.07, 6.45) is 5.57. The normalized spacial score (nSPS) is 25.8. The minimum Gasteiger partial charge on any atom is -0.467 e. The Balaban J connectivity index is 1.28. The van der Waals surface area contributed by atoms with Crippen molar-refractivity contribution in [3.8, 4) is 0 Å². The van der Waals surface area contributed by atoms with Gasteiger partial charge in [-0.1, -0.05) is 185 Å². The molecule has 0 radical (unpaired) electrons. The van der Waals surface area contributed by atoms with E-state index < -0.39 is 5.41 Å². The van der Waals surface area contributed by atoms with Crippen LogP contribution in [0.4, 0.5) is 0 Å². The van der Waals surface area contributed by atoms with Gasteiger partial charge in [0.1, 0.15) is 12.1 Å². The monoisotopic (exact) mass is 748 g/mol. The standard InChI is InChI=1S/C53H52N2O2/c1-8-34(2)30-42-44(50-55-46(37-23-15-10-16-24-37)48(57-50)39-27-19-12-20-28-39)53(33-52(42,6)7)32-51(4,5)41-31-35(3)29-40(43(41)53)49-54-45(36-21-13-9-14-22-36)47(56-49)38-25-17-11-18-26-38/h8-31,45-48H,1,32-33H2,2-7H3/b34-30-/t45-,46-,47-,48-,53+/m0/s1. The molecular weight excluding hydrogens is 697 g/mol. The summed E-state index contributed by atoms with van der Waals surface area (Å²) in [5.74, 6) is 1.44. The topological polar surface area (TPSA) is 43.2 Å². The highest BCUT2D eigenvalue weighted by molar-refractivity contribution is 6.04. The van der Waals surface area contributed by atoms with E-state index in [2.05, 4.69) is 188 Å². The smallest absolute Gasteiger partial charge is 0.217 e. The molecule has 2 aliphatic heterocycles. The van der Waals surface area contributed by atoms with E-state index in [-0.39, 0.29) is 35.1 Å². The summed E-state index contributed by atoms with van der Waals surface area (Å²) in [5.41, 5.74) is 12.2. The van der Waals surface area contributed by atoms with Crippen LogP contribution in [0.25, 0.3) is 0 Å². The third kappa shape index (κ3) is 6.30. The number of allylic oxidation sites excluding steroid dienone is 4. The first kappa shape index (κ1) is 36.9. The van der Waals surface area contributed by atoms with Crippen LogP contribution < -0.4 is 0 Å². The predicted octanol–water partition coefficient (Wildman–Crippen LogP) is 12.9. The zero-order valence-corrected chi connectivity index (χ0v) is 34.0. The molecule has 0 amide bonds. The molecule has 2 aliphatic carbocycles. The fourth-order valence-electron chi connectivity index (χ4n) is 10.4. The lowest BCUT2D eigenvalue weighted by Crippen LogP contribution is -2.32. The molecule has 5 aromatic carbocycles. The van der Waals surface area contributed by atoms with Crippen molar-refractivity contribution in [1.82, 2.24) is 0 Å². The second-order valence-electron chi connectivity index (χ2n) is 17.8. The van der Waals surface area contributed by atoms with Gasteiger partial charge >= 0.3 is 0 Å². The molecule has 4 heteroatoms. The highest BCUT2D eigenvalue weighted by Gasteiger charge is 2.61. The lowest BCUT2D eigenvalue weighted by Gasteiger charge is -2.34. The molecule has 0 unspecified atom stereocenters. The van der Waals surface area contributed by atoms with E-state index in [9.17, 15) is 0 Å². The number of rotatable bonds is 8. The summed E-state index contributed by atoms with van der Waals surface area (Å²) < 4.78 is 14.5. The summed E-state index contributed by atoms with van der Waals surface area (Å²) in [4.78, 5) is 11.2. The zero-order chi connectivity index (χ0) is 39.5. The first-order valence-electron chi connectivity index (χ1n) is 20.4. The summed E-state index contributed by atoms with van der Waals surface area (Å²) in [5, 5.41) is 0. The molecule has 2 heterocycles. The van der Waals surface area contributed by atoms with E-state index in [1.807, 2.05) is 6.08 Å². The molecule has 286 valence electrons. The number of aryl methyl sites for hydroxylation is 1. The average Bonchev–Trinajstić information content (AvgIpc) is 3.96. The van der Waals surface area contributed by atoms with Gasteiger partial charge in [-0.05, 0) is 82.5 Å². The molecule has 0 fully saturated rings. The van der Waals surface area contributed by atoms with Gasteiger partial charge in [0.15, 0.2) is 12.2 Å². The highest BCUT2D eigenvalue weighted by Crippen LogP contribution is 2.66. The summed E-state index contributed by atoms with van der Waals surface area (Å²) in [6, 6.07) is 46.7. The Labute approximate surface area is 338 Å². The molecular formula is C53H52N2O2. The van der Waals surface area contributed by atoms with Crippen LogP contribution in [0.2, 0.25) is 0 Å². The largest absolute Gasteiger partial charge is 0.467 e. The van der Waals surface area contributed by atoms with Crippen LogP contribution >= 0.6 is 0 Å². The zero-order valence-electron chi connectivity index (χ0n) is 34.0. The van der Waals surface area contributed by atoms with Crippen molar-refractivity contribution in [1.29, 1.82) is 0 Å². The summed E-state index contributed by atoms with van der Waals surface area (Å²) in [7, 11) is 0. The van der Waals surface area contributed by atoms with Gasteiger partial charge in [-0.25, -0.2) is 9.98 Å². The minimum atomic E-state index is -0.441. The van der Waals surface area contributed by atoms with Gasteiger partial charge in [-0.3, -0.25) is 0 Å². The lowest BCUT2D eigenvalue weighted by atomic mass is 9.70. The molecule has 0 saturated heterocycles. The second kappa shape index (κ2) is 14.0. The second-order valence-corrected chi connectivity index (χ2v) is 17.8. The lowest BCUT2D eigenvalue weighted by molar-refractivity contribution is 0.193. The molecule has 5 atom stereocenters. The molecule has 0 saturated carbocycles. The molecule has 0 aromatic heterocycles. The van der Waals surface area contributed by atoms with Gasteiger partial charge in [-0.2, -0.15) is 0 Å². The quantitative estimate of drug-likeness (QED) is 0.148. The van der Waals surface area contributed by atoms with Gasteiger partial charge < -0.3 is 9.47 Å². The molecule has 0 bridgehead atoms. The maximum atomic E-state index is 7.32. The van der Waals surface area contributed by atoms with Crippen molar-refractivity contribution in [2.75, 3.05) is 0 Å². The molecule has 4 aliphatic rings. The Morgan fingerprint density at radius 3 is 1.60 bits per heavy atom. The van der Waals surface area contributed by atoms with E-state index in [0.29, 0.717) is 5.90 Å². The number of benzene rings is 5. The summed E-state index contributed by atoms with van der Waals surface area (Å²) in [6.45, 7) is 18.1. The van der Waals surface area contributed by atoms with Gasteiger partial charge in [0, 0.05) is 16.6 Å². The molecule has 9 rings (SSSR count). The van der Waals surface area contributed by atoms with Crippen LogP contribution in [0.5, 0.6) is 0 Å². The molecule has 1 spiro atoms. The van der Waals surface area contributed by atoms with Crippen LogP contribution in [0.1, 0.15) is 116 Å². The van der Waals surface area contributed by atoms with Crippen molar-refractivity contribution >= 4 is 11.8 Å². The number of hydrogen-bond acceptors (Lipinski definition) is 4. The maximum absolute atomic E-state index is 7.32. The van der Waals surface area contributed by atoms with Gasteiger partial charge in [0.25, 0.3) is 0 Å². The van der Waals surface area contributed by atoms with Crippen LogP contribution in [0.3, 0.4) is 0 Å².